The molecule has 0 heteroatoms. The molecule has 0 unspecified atom stereocenters. The molecular weight excluding hydrogens is 324 g/mol. The van der Waals surface area contributed by atoms with Crippen LogP contribution in [0.25, 0.3) is 0 Å². The van der Waals surface area contributed by atoms with E-state index in [2.05, 4.69) is 31.7 Å². The van der Waals surface area contributed by atoms with E-state index in [0.717, 1.165) is 35.5 Å². The second-order valence-electron chi connectivity index (χ2n) is 10.3. The molecule has 0 spiro atoms. The van der Waals surface area contributed by atoms with Gasteiger partial charge in [-0.25, -0.2) is 0 Å². The van der Waals surface area contributed by atoms with E-state index in [9.17, 15) is 0 Å². The van der Waals surface area contributed by atoms with E-state index in [1.807, 2.05) is 0 Å². The number of allylic oxidation sites excluding steroid dienone is 3. The zero-order valence-electron chi connectivity index (χ0n) is 18.2. The molecule has 3 aliphatic carbocycles. The second kappa shape index (κ2) is 11.5. The molecule has 0 radical (unpaired) electrons. The Morgan fingerprint density at radius 3 is 1.70 bits per heavy atom. The van der Waals surface area contributed by atoms with Crippen molar-refractivity contribution in [2.75, 3.05) is 0 Å². The molecule has 27 heavy (non-hydrogen) atoms. The van der Waals surface area contributed by atoms with E-state index >= 15 is 0 Å². The Morgan fingerprint density at radius 1 is 0.667 bits per heavy atom. The molecular formula is C27H46. The fourth-order valence-corrected chi connectivity index (χ4v) is 6.50. The van der Waals surface area contributed by atoms with Crippen molar-refractivity contribution >= 4 is 0 Å². The first-order valence-electron chi connectivity index (χ1n) is 12.6. The predicted octanol–water partition coefficient (Wildman–Crippen LogP) is 8.73. The highest BCUT2D eigenvalue weighted by Gasteiger charge is 2.30. The normalized spacial score (nSPS) is 38.1. The van der Waals surface area contributed by atoms with Crippen molar-refractivity contribution < 1.29 is 0 Å². The van der Waals surface area contributed by atoms with E-state index in [1.54, 1.807) is 25.7 Å². The van der Waals surface area contributed by atoms with Crippen LogP contribution in [-0.2, 0) is 0 Å². The molecule has 0 aromatic rings. The van der Waals surface area contributed by atoms with Gasteiger partial charge in [-0.2, -0.15) is 0 Å². The summed E-state index contributed by atoms with van der Waals surface area (Å²) in [5, 5.41) is 0. The fraction of sp³-hybridized carbons (Fsp3) is 0.852. The van der Waals surface area contributed by atoms with Gasteiger partial charge in [0.1, 0.15) is 0 Å². The Balaban J connectivity index is 1.27. The molecule has 0 heterocycles. The van der Waals surface area contributed by atoms with Gasteiger partial charge in [0.25, 0.3) is 0 Å². The highest BCUT2D eigenvalue weighted by atomic mass is 14.4. The summed E-state index contributed by atoms with van der Waals surface area (Å²) >= 11 is 0. The molecule has 0 N–H and O–H groups in total. The minimum atomic E-state index is 0.798. The summed E-state index contributed by atoms with van der Waals surface area (Å²) in [6.07, 6.45) is 30.8. The second-order valence-corrected chi connectivity index (χ2v) is 10.3. The quantitative estimate of drug-likeness (QED) is 0.375. The Labute approximate surface area is 170 Å². The molecule has 0 atom stereocenters. The topological polar surface area (TPSA) is 0 Å². The number of hydrogen-bond donors (Lipinski definition) is 0. The smallest absolute Gasteiger partial charge is 0.0233 e. The average molecular weight is 371 g/mol. The molecule has 3 rings (SSSR count). The maximum Gasteiger partial charge on any atom is -0.0233 e. The summed E-state index contributed by atoms with van der Waals surface area (Å²) in [6, 6.07) is 0. The lowest BCUT2D eigenvalue weighted by molar-refractivity contribution is 0.141. The van der Waals surface area contributed by atoms with Crippen molar-refractivity contribution in [2.24, 2.45) is 35.5 Å². The molecule has 3 fully saturated rings. The van der Waals surface area contributed by atoms with Crippen LogP contribution in [0.4, 0.5) is 0 Å². The van der Waals surface area contributed by atoms with Gasteiger partial charge in [-0.1, -0.05) is 63.7 Å². The van der Waals surface area contributed by atoms with Gasteiger partial charge in [0.15, 0.2) is 0 Å². The molecule has 0 aromatic heterocycles. The molecule has 0 nitrogen and oxygen atoms in total. The standard InChI is InChI=1S/C27H46/c1-3-7-23-14-18-26(19-15-23)27-20-16-25(17-21-27)9-6-5-8-24-12-10-22(4-2)11-13-24/h4-5,8,22-27H,2-3,6-7,9-21H2,1H3. The van der Waals surface area contributed by atoms with Crippen molar-refractivity contribution in [1.29, 1.82) is 0 Å². The summed E-state index contributed by atoms with van der Waals surface area (Å²) in [5.74, 6) is 5.93. The van der Waals surface area contributed by atoms with Crippen LogP contribution < -0.4 is 0 Å². The zero-order valence-corrected chi connectivity index (χ0v) is 18.2. The molecule has 0 saturated heterocycles. The molecule has 0 amide bonds. The van der Waals surface area contributed by atoms with Gasteiger partial charge in [0.05, 0.1) is 0 Å². The van der Waals surface area contributed by atoms with Crippen LogP contribution in [0.15, 0.2) is 24.8 Å². The van der Waals surface area contributed by atoms with E-state index in [4.69, 9.17) is 0 Å². The van der Waals surface area contributed by atoms with Crippen LogP contribution in [0.2, 0.25) is 0 Å². The first kappa shape index (κ1) is 21.2. The van der Waals surface area contributed by atoms with Gasteiger partial charge in [-0.15, -0.1) is 6.58 Å². The number of rotatable bonds is 8. The van der Waals surface area contributed by atoms with E-state index in [1.165, 1.54) is 77.0 Å². The van der Waals surface area contributed by atoms with Crippen molar-refractivity contribution in [3.05, 3.63) is 24.8 Å². The third kappa shape index (κ3) is 6.79. The Morgan fingerprint density at radius 2 is 1.19 bits per heavy atom. The molecule has 0 aromatic carbocycles. The fourth-order valence-electron chi connectivity index (χ4n) is 6.50. The van der Waals surface area contributed by atoms with Crippen molar-refractivity contribution in [3.63, 3.8) is 0 Å². The average Bonchev–Trinajstić information content (AvgIpc) is 2.73. The van der Waals surface area contributed by atoms with Crippen molar-refractivity contribution in [1.82, 2.24) is 0 Å². The lowest BCUT2D eigenvalue weighted by atomic mass is 9.68. The van der Waals surface area contributed by atoms with E-state index in [0.29, 0.717) is 0 Å². The molecule has 0 bridgehead atoms. The summed E-state index contributed by atoms with van der Waals surface area (Å²) in [7, 11) is 0. The van der Waals surface area contributed by atoms with Gasteiger partial charge in [-0.05, 0) is 99.7 Å². The van der Waals surface area contributed by atoms with Crippen LogP contribution >= 0.6 is 0 Å². The molecule has 154 valence electrons. The van der Waals surface area contributed by atoms with Gasteiger partial charge < -0.3 is 0 Å². The van der Waals surface area contributed by atoms with Crippen molar-refractivity contribution in [2.45, 2.75) is 110 Å². The molecule has 3 aliphatic rings. The van der Waals surface area contributed by atoms with Crippen LogP contribution in [0.3, 0.4) is 0 Å². The van der Waals surface area contributed by atoms with Gasteiger partial charge in [-0.3, -0.25) is 0 Å². The first-order valence-corrected chi connectivity index (χ1v) is 12.6. The van der Waals surface area contributed by atoms with Crippen LogP contribution in [-0.4, -0.2) is 0 Å². The first-order chi connectivity index (χ1) is 13.3. The monoisotopic (exact) mass is 370 g/mol. The molecule has 3 saturated carbocycles. The SMILES string of the molecule is C=CC1CCC(C=CCCC2CCC(C3CCC(CCC)CC3)CC2)CC1. The summed E-state index contributed by atoms with van der Waals surface area (Å²) < 4.78 is 0. The van der Waals surface area contributed by atoms with Gasteiger partial charge in [0.2, 0.25) is 0 Å². The third-order valence-electron chi connectivity index (χ3n) is 8.45. The Bertz CT molecular complexity index is 423. The summed E-state index contributed by atoms with van der Waals surface area (Å²) in [5.41, 5.74) is 0. The maximum absolute atomic E-state index is 3.96. The van der Waals surface area contributed by atoms with Gasteiger partial charge >= 0.3 is 0 Å². The minimum Gasteiger partial charge on any atom is -0.103 e. The number of hydrogen-bond acceptors (Lipinski definition) is 0. The summed E-state index contributed by atoms with van der Waals surface area (Å²) in [4.78, 5) is 0. The minimum absolute atomic E-state index is 0.798. The Hall–Kier alpha value is -0.520. The third-order valence-corrected chi connectivity index (χ3v) is 8.45. The van der Waals surface area contributed by atoms with Crippen molar-refractivity contribution in [3.8, 4) is 0 Å². The van der Waals surface area contributed by atoms with E-state index < -0.39 is 0 Å². The highest BCUT2D eigenvalue weighted by Crippen LogP contribution is 2.43. The lowest BCUT2D eigenvalue weighted by Crippen LogP contribution is -2.25. The summed E-state index contributed by atoms with van der Waals surface area (Å²) in [6.45, 7) is 6.32. The van der Waals surface area contributed by atoms with Crippen LogP contribution in [0.5, 0.6) is 0 Å². The lowest BCUT2D eigenvalue weighted by Gasteiger charge is -2.38. The maximum atomic E-state index is 3.96. The van der Waals surface area contributed by atoms with Crippen LogP contribution in [0.1, 0.15) is 110 Å². The Kier molecular flexibility index (Phi) is 9.01. The highest BCUT2D eigenvalue weighted by molar-refractivity contribution is 4.94. The zero-order chi connectivity index (χ0) is 18.9. The molecule has 0 aliphatic heterocycles. The van der Waals surface area contributed by atoms with Gasteiger partial charge in [0, 0.05) is 0 Å². The largest absolute Gasteiger partial charge is 0.103 e. The van der Waals surface area contributed by atoms with E-state index in [-0.39, 0.29) is 0 Å². The van der Waals surface area contributed by atoms with Crippen LogP contribution in [0, 0.1) is 35.5 Å². The predicted molar refractivity (Wildman–Crippen MR) is 120 cm³/mol.